The molecule has 0 bridgehead atoms. The van der Waals surface area contributed by atoms with E-state index in [1.165, 1.54) is 0 Å². The van der Waals surface area contributed by atoms with Crippen molar-refractivity contribution in [2.75, 3.05) is 6.61 Å². The van der Waals surface area contributed by atoms with Crippen LogP contribution in [0.2, 0.25) is 0 Å². The Bertz CT molecular complexity index is 1220. The molecule has 3 aromatic heterocycles. The molecule has 8 heteroatoms. The number of aromatic nitrogens is 2. The van der Waals surface area contributed by atoms with E-state index in [2.05, 4.69) is 31.4 Å². The first kappa shape index (κ1) is 17.9. The first-order valence-electron chi connectivity index (χ1n) is 9.14. The van der Waals surface area contributed by atoms with Crippen molar-refractivity contribution >= 4 is 32.9 Å². The normalized spacial score (nSPS) is 15.7. The fourth-order valence-corrected chi connectivity index (χ4v) is 3.95. The maximum atomic E-state index is 13.3. The highest BCUT2D eigenvalue weighted by Crippen LogP contribution is 2.35. The fraction of sp³-hybridized carbons (Fsp3) is 0.190. The number of aryl methyl sites for hydroxylation is 1. The average molecular weight is 454 g/mol. The quantitative estimate of drug-likeness (QED) is 0.478. The maximum Gasteiger partial charge on any atom is 0.259 e. The molecule has 29 heavy (non-hydrogen) atoms. The van der Waals surface area contributed by atoms with Gasteiger partial charge in [0.1, 0.15) is 11.4 Å². The van der Waals surface area contributed by atoms with Gasteiger partial charge in [0.05, 0.1) is 35.6 Å². The average Bonchev–Trinajstić information content (AvgIpc) is 3.38. The van der Waals surface area contributed by atoms with Crippen LogP contribution in [0.25, 0.3) is 22.6 Å². The van der Waals surface area contributed by atoms with Crippen LogP contribution in [0.1, 0.15) is 34.1 Å². The lowest BCUT2D eigenvalue weighted by atomic mass is 9.99. The molecule has 1 aromatic carbocycles. The lowest BCUT2D eigenvalue weighted by Crippen LogP contribution is -2.32. The molecule has 1 atom stereocenters. The summed E-state index contributed by atoms with van der Waals surface area (Å²) in [5, 5.41) is 7.71. The summed E-state index contributed by atoms with van der Waals surface area (Å²) in [5.74, 6) is 1.10. The molecule has 1 amide bonds. The summed E-state index contributed by atoms with van der Waals surface area (Å²) in [6.07, 6.45) is 2.24. The summed E-state index contributed by atoms with van der Waals surface area (Å²) in [7, 11) is 0. The minimum absolute atomic E-state index is 0.167. The highest BCUT2D eigenvalue weighted by molar-refractivity contribution is 9.10. The first-order chi connectivity index (χ1) is 14.1. The SMILES string of the molecule is Cc1noc2nc(-c3ccco3)cc(C(=O)NC3CCOc4ccc(Br)cc43)c12. The number of benzene rings is 1. The second-order valence-electron chi connectivity index (χ2n) is 6.83. The highest BCUT2D eigenvalue weighted by Gasteiger charge is 2.26. The molecular weight excluding hydrogens is 438 g/mol. The van der Waals surface area contributed by atoms with E-state index in [1.807, 2.05) is 18.2 Å². The Balaban J connectivity index is 1.55. The molecule has 4 aromatic rings. The zero-order chi connectivity index (χ0) is 20.0. The molecule has 4 heterocycles. The van der Waals surface area contributed by atoms with Crippen LogP contribution in [0.4, 0.5) is 0 Å². The van der Waals surface area contributed by atoms with E-state index in [4.69, 9.17) is 13.7 Å². The molecule has 1 N–H and O–H groups in total. The molecule has 5 rings (SSSR count). The smallest absolute Gasteiger partial charge is 0.259 e. The fourth-order valence-electron chi connectivity index (χ4n) is 3.58. The van der Waals surface area contributed by atoms with Crippen LogP contribution in [0.5, 0.6) is 5.75 Å². The molecular formula is C21H16BrN3O4. The van der Waals surface area contributed by atoms with Crippen molar-refractivity contribution in [3.8, 4) is 17.2 Å². The van der Waals surface area contributed by atoms with Gasteiger partial charge in [0, 0.05) is 16.5 Å². The predicted octanol–water partition coefficient (Wildman–Crippen LogP) is 4.81. The first-order valence-corrected chi connectivity index (χ1v) is 9.93. The zero-order valence-corrected chi connectivity index (χ0v) is 17.0. The number of fused-ring (bicyclic) bond motifs is 2. The number of ether oxygens (including phenoxy) is 1. The number of nitrogens with zero attached hydrogens (tertiary/aromatic N) is 2. The zero-order valence-electron chi connectivity index (χ0n) is 15.4. The van der Waals surface area contributed by atoms with Crippen LogP contribution >= 0.6 is 15.9 Å². The molecule has 0 spiro atoms. The van der Waals surface area contributed by atoms with E-state index in [-0.39, 0.29) is 11.9 Å². The number of carbonyl (C=O) groups is 1. The molecule has 0 saturated carbocycles. The molecule has 1 unspecified atom stereocenters. The minimum atomic E-state index is -0.227. The van der Waals surface area contributed by atoms with Crippen LogP contribution in [0.15, 0.2) is 56.1 Å². The Morgan fingerprint density at radius 2 is 2.17 bits per heavy atom. The summed E-state index contributed by atoms with van der Waals surface area (Å²) in [6.45, 7) is 2.33. The van der Waals surface area contributed by atoms with Crippen LogP contribution < -0.4 is 10.1 Å². The lowest BCUT2D eigenvalue weighted by Gasteiger charge is -2.27. The van der Waals surface area contributed by atoms with E-state index in [1.54, 1.807) is 31.4 Å². The van der Waals surface area contributed by atoms with Crippen molar-refractivity contribution in [1.82, 2.24) is 15.5 Å². The van der Waals surface area contributed by atoms with Crippen LogP contribution in [0, 0.1) is 6.92 Å². The molecule has 0 aliphatic carbocycles. The Labute approximate surface area is 174 Å². The molecule has 0 saturated heterocycles. The van der Waals surface area contributed by atoms with Crippen LogP contribution in [-0.2, 0) is 0 Å². The van der Waals surface area contributed by atoms with E-state index in [9.17, 15) is 4.79 Å². The number of amides is 1. The number of carbonyl (C=O) groups excluding carboxylic acids is 1. The Hall–Kier alpha value is -3.13. The summed E-state index contributed by atoms with van der Waals surface area (Å²) in [5.41, 5.74) is 2.81. The lowest BCUT2D eigenvalue weighted by molar-refractivity contribution is 0.0926. The van der Waals surface area contributed by atoms with Gasteiger partial charge in [-0.05, 0) is 43.3 Å². The number of rotatable bonds is 3. The molecule has 1 aliphatic rings. The van der Waals surface area contributed by atoms with Crippen molar-refractivity contribution in [1.29, 1.82) is 0 Å². The highest BCUT2D eigenvalue weighted by atomic mass is 79.9. The molecule has 1 aliphatic heterocycles. The monoisotopic (exact) mass is 453 g/mol. The number of hydrogen-bond acceptors (Lipinski definition) is 6. The predicted molar refractivity (Wildman–Crippen MR) is 109 cm³/mol. The minimum Gasteiger partial charge on any atom is -0.493 e. The number of hydrogen-bond donors (Lipinski definition) is 1. The largest absolute Gasteiger partial charge is 0.493 e. The van der Waals surface area contributed by atoms with E-state index in [0.29, 0.717) is 46.8 Å². The van der Waals surface area contributed by atoms with E-state index >= 15 is 0 Å². The third-order valence-electron chi connectivity index (χ3n) is 4.95. The van der Waals surface area contributed by atoms with Crippen molar-refractivity contribution in [3.63, 3.8) is 0 Å². The van der Waals surface area contributed by atoms with Gasteiger partial charge >= 0.3 is 0 Å². The Morgan fingerprint density at radius 1 is 1.28 bits per heavy atom. The second-order valence-corrected chi connectivity index (χ2v) is 7.74. The standard InChI is InChI=1S/C21H16BrN3O4/c1-11-19-14(10-16(18-3-2-7-27-18)24-21(19)29-25-11)20(26)23-15-6-8-28-17-5-4-12(22)9-13(15)17/h2-5,7,9-10,15H,6,8H2,1H3,(H,23,26). The van der Waals surface area contributed by atoms with Gasteiger partial charge in [0.2, 0.25) is 0 Å². The molecule has 0 fully saturated rings. The Kier molecular flexibility index (Phi) is 4.35. The maximum absolute atomic E-state index is 13.3. The second kappa shape index (κ2) is 7.04. The summed E-state index contributed by atoms with van der Waals surface area (Å²) in [4.78, 5) is 17.7. The Morgan fingerprint density at radius 3 is 3.00 bits per heavy atom. The van der Waals surface area contributed by atoms with Gasteiger partial charge in [-0.25, -0.2) is 4.98 Å². The van der Waals surface area contributed by atoms with Crippen molar-refractivity contribution in [2.24, 2.45) is 0 Å². The number of halogens is 1. The van der Waals surface area contributed by atoms with Crippen molar-refractivity contribution in [3.05, 3.63) is 64.0 Å². The van der Waals surface area contributed by atoms with Crippen LogP contribution in [0.3, 0.4) is 0 Å². The molecule has 146 valence electrons. The van der Waals surface area contributed by atoms with Gasteiger partial charge in [-0.3, -0.25) is 4.79 Å². The van der Waals surface area contributed by atoms with Crippen molar-refractivity contribution < 1.29 is 18.5 Å². The van der Waals surface area contributed by atoms with Gasteiger partial charge in [-0.15, -0.1) is 0 Å². The number of nitrogens with one attached hydrogen (secondary N) is 1. The van der Waals surface area contributed by atoms with Gasteiger partial charge < -0.3 is 19.0 Å². The third kappa shape index (κ3) is 3.19. The van der Waals surface area contributed by atoms with Gasteiger partial charge in [0.15, 0.2) is 5.76 Å². The topological polar surface area (TPSA) is 90.4 Å². The summed E-state index contributed by atoms with van der Waals surface area (Å²) in [6, 6.07) is 10.9. The third-order valence-corrected chi connectivity index (χ3v) is 5.45. The molecule has 0 radical (unpaired) electrons. The summed E-state index contributed by atoms with van der Waals surface area (Å²) < 4.78 is 17.4. The van der Waals surface area contributed by atoms with Gasteiger partial charge in [0.25, 0.3) is 11.6 Å². The van der Waals surface area contributed by atoms with E-state index < -0.39 is 0 Å². The number of furan rings is 1. The van der Waals surface area contributed by atoms with Gasteiger partial charge in [-0.2, -0.15) is 0 Å². The molecule has 7 nitrogen and oxygen atoms in total. The van der Waals surface area contributed by atoms with Crippen LogP contribution in [-0.4, -0.2) is 22.7 Å². The summed E-state index contributed by atoms with van der Waals surface area (Å²) >= 11 is 3.49. The van der Waals surface area contributed by atoms with E-state index in [0.717, 1.165) is 15.8 Å². The van der Waals surface area contributed by atoms with Gasteiger partial charge in [-0.1, -0.05) is 21.1 Å². The number of pyridine rings is 1. The van der Waals surface area contributed by atoms with Crippen molar-refractivity contribution in [2.45, 2.75) is 19.4 Å².